The Morgan fingerprint density at radius 2 is 2.43 bits per heavy atom. The van der Waals surface area contributed by atoms with Gasteiger partial charge in [0.05, 0.1) is 6.61 Å². The zero-order chi connectivity index (χ0) is 9.97. The minimum Gasteiger partial charge on any atom is -0.492 e. The van der Waals surface area contributed by atoms with Gasteiger partial charge in [0.1, 0.15) is 5.75 Å². The van der Waals surface area contributed by atoms with Gasteiger partial charge in [-0.15, -0.1) is 11.3 Å². The van der Waals surface area contributed by atoms with E-state index < -0.39 is 5.97 Å². The van der Waals surface area contributed by atoms with Crippen molar-refractivity contribution in [3.8, 4) is 5.75 Å². The van der Waals surface area contributed by atoms with E-state index in [4.69, 9.17) is 9.84 Å². The Kier molecular flexibility index (Phi) is 2.72. The number of carbonyl (C=O) groups is 1. The van der Waals surface area contributed by atoms with Crippen LogP contribution in [0.4, 0.5) is 0 Å². The van der Waals surface area contributed by atoms with Crippen molar-refractivity contribution >= 4 is 17.3 Å². The largest absolute Gasteiger partial charge is 0.492 e. The fraction of sp³-hybridized carbons (Fsp3) is 0.500. The quantitative estimate of drug-likeness (QED) is 0.834. The molecule has 1 aromatic heterocycles. The zero-order valence-corrected chi connectivity index (χ0v) is 8.55. The molecule has 1 saturated carbocycles. The van der Waals surface area contributed by atoms with E-state index in [9.17, 15) is 4.79 Å². The lowest BCUT2D eigenvalue weighted by atomic mass is 9.86. The highest BCUT2D eigenvalue weighted by atomic mass is 32.1. The van der Waals surface area contributed by atoms with Gasteiger partial charge in [0.15, 0.2) is 4.88 Å². The van der Waals surface area contributed by atoms with E-state index in [0.717, 1.165) is 0 Å². The molecule has 0 atom stereocenters. The van der Waals surface area contributed by atoms with Crippen molar-refractivity contribution in [3.63, 3.8) is 0 Å². The summed E-state index contributed by atoms with van der Waals surface area (Å²) < 4.78 is 5.47. The van der Waals surface area contributed by atoms with Crippen molar-refractivity contribution in [1.82, 2.24) is 0 Å². The fourth-order valence-corrected chi connectivity index (χ4v) is 2.11. The van der Waals surface area contributed by atoms with Crippen LogP contribution in [0.3, 0.4) is 0 Å². The molecule has 1 aliphatic rings. The van der Waals surface area contributed by atoms with E-state index in [0.29, 0.717) is 23.2 Å². The van der Waals surface area contributed by atoms with Crippen molar-refractivity contribution < 1.29 is 14.6 Å². The summed E-state index contributed by atoms with van der Waals surface area (Å²) >= 11 is 1.21. The van der Waals surface area contributed by atoms with Gasteiger partial charge in [-0.3, -0.25) is 0 Å². The van der Waals surface area contributed by atoms with E-state index in [-0.39, 0.29) is 0 Å². The number of aromatic carboxylic acids is 1. The van der Waals surface area contributed by atoms with Crippen LogP contribution in [0.2, 0.25) is 0 Å². The fourth-order valence-electron chi connectivity index (χ4n) is 1.43. The molecule has 4 heteroatoms. The Bertz CT molecular complexity index is 328. The topological polar surface area (TPSA) is 46.5 Å². The molecule has 76 valence electrons. The second-order valence-electron chi connectivity index (χ2n) is 3.53. The molecular weight excluding hydrogens is 200 g/mol. The number of hydrogen-bond acceptors (Lipinski definition) is 3. The molecule has 1 fully saturated rings. The van der Waals surface area contributed by atoms with Crippen LogP contribution >= 0.6 is 11.3 Å². The van der Waals surface area contributed by atoms with Gasteiger partial charge in [-0.1, -0.05) is 6.42 Å². The Labute approximate surface area is 86.3 Å². The highest BCUT2D eigenvalue weighted by Gasteiger charge is 2.20. The molecule has 0 amide bonds. The maximum atomic E-state index is 10.7. The van der Waals surface area contributed by atoms with E-state index >= 15 is 0 Å². The summed E-state index contributed by atoms with van der Waals surface area (Å²) in [6.45, 7) is 0.664. The van der Waals surface area contributed by atoms with Gasteiger partial charge < -0.3 is 9.84 Å². The van der Waals surface area contributed by atoms with Crippen LogP contribution in [-0.2, 0) is 0 Å². The van der Waals surface area contributed by atoms with Crippen molar-refractivity contribution in [2.45, 2.75) is 19.3 Å². The Morgan fingerprint density at radius 3 is 3.00 bits per heavy atom. The van der Waals surface area contributed by atoms with Crippen molar-refractivity contribution in [3.05, 3.63) is 16.3 Å². The molecule has 2 rings (SSSR count). The Morgan fingerprint density at radius 1 is 1.64 bits per heavy atom. The van der Waals surface area contributed by atoms with Crippen molar-refractivity contribution in [1.29, 1.82) is 0 Å². The second kappa shape index (κ2) is 4.00. The van der Waals surface area contributed by atoms with Crippen LogP contribution in [0.25, 0.3) is 0 Å². The molecule has 0 radical (unpaired) electrons. The van der Waals surface area contributed by atoms with Crippen LogP contribution < -0.4 is 4.74 Å². The summed E-state index contributed by atoms with van der Waals surface area (Å²) in [7, 11) is 0. The van der Waals surface area contributed by atoms with E-state index in [2.05, 4.69) is 0 Å². The summed E-state index contributed by atoms with van der Waals surface area (Å²) in [6, 6.07) is 1.73. The number of ether oxygens (including phenoxy) is 1. The summed E-state index contributed by atoms with van der Waals surface area (Å²) in [5.74, 6) is 0.259. The standard InChI is InChI=1S/C10H12O3S/c11-10(12)9-8(4-5-14-9)13-6-7-2-1-3-7/h4-5,7H,1-3,6H2,(H,11,12). The van der Waals surface area contributed by atoms with Crippen LogP contribution in [0.15, 0.2) is 11.4 Å². The van der Waals surface area contributed by atoms with Gasteiger partial charge in [0.2, 0.25) is 0 Å². The van der Waals surface area contributed by atoms with Gasteiger partial charge in [-0.25, -0.2) is 4.79 Å². The summed E-state index contributed by atoms with van der Waals surface area (Å²) in [5, 5.41) is 10.6. The van der Waals surface area contributed by atoms with Crippen LogP contribution in [0.5, 0.6) is 5.75 Å². The summed E-state index contributed by atoms with van der Waals surface area (Å²) in [6.07, 6.45) is 3.71. The number of carboxylic acid groups (broad SMARTS) is 1. The van der Waals surface area contributed by atoms with Crippen LogP contribution in [0, 0.1) is 5.92 Å². The molecule has 0 aromatic carbocycles. The third-order valence-electron chi connectivity index (χ3n) is 2.52. The lowest BCUT2D eigenvalue weighted by molar-refractivity contribution is 0.0696. The highest BCUT2D eigenvalue weighted by Crippen LogP contribution is 2.29. The number of hydrogen-bond donors (Lipinski definition) is 1. The minimum absolute atomic E-state index is 0.310. The monoisotopic (exact) mass is 212 g/mol. The van der Waals surface area contributed by atoms with Crippen molar-refractivity contribution in [2.24, 2.45) is 5.92 Å². The average molecular weight is 212 g/mol. The zero-order valence-electron chi connectivity index (χ0n) is 7.73. The van der Waals surface area contributed by atoms with E-state index in [1.165, 1.54) is 30.6 Å². The number of rotatable bonds is 4. The predicted molar refractivity (Wildman–Crippen MR) is 54.1 cm³/mol. The molecule has 0 saturated heterocycles. The Hall–Kier alpha value is -1.03. The smallest absolute Gasteiger partial charge is 0.349 e. The first kappa shape index (κ1) is 9.52. The van der Waals surface area contributed by atoms with Gasteiger partial charge in [0.25, 0.3) is 0 Å². The molecule has 14 heavy (non-hydrogen) atoms. The maximum absolute atomic E-state index is 10.7. The molecule has 1 heterocycles. The first-order chi connectivity index (χ1) is 6.77. The second-order valence-corrected chi connectivity index (χ2v) is 4.44. The number of carboxylic acids is 1. The third-order valence-corrected chi connectivity index (χ3v) is 3.41. The SMILES string of the molecule is O=C(O)c1sccc1OCC1CCC1. The lowest BCUT2D eigenvalue weighted by Gasteiger charge is -2.24. The minimum atomic E-state index is -0.899. The Balaban J connectivity index is 1.94. The van der Waals surface area contributed by atoms with Crippen molar-refractivity contribution in [2.75, 3.05) is 6.61 Å². The number of thiophene rings is 1. The normalized spacial score (nSPS) is 16.3. The summed E-state index contributed by atoms with van der Waals surface area (Å²) in [4.78, 5) is 11.1. The first-order valence-corrected chi connectivity index (χ1v) is 5.59. The summed E-state index contributed by atoms with van der Waals surface area (Å²) in [5.41, 5.74) is 0. The molecule has 0 unspecified atom stereocenters. The van der Waals surface area contributed by atoms with Gasteiger partial charge in [0, 0.05) is 0 Å². The molecule has 1 N–H and O–H groups in total. The van der Waals surface area contributed by atoms with E-state index in [1.807, 2.05) is 0 Å². The van der Waals surface area contributed by atoms with Gasteiger partial charge in [-0.2, -0.15) is 0 Å². The molecule has 1 aliphatic carbocycles. The van der Waals surface area contributed by atoms with Crippen LogP contribution in [0.1, 0.15) is 28.9 Å². The van der Waals surface area contributed by atoms with Gasteiger partial charge in [-0.05, 0) is 30.2 Å². The lowest BCUT2D eigenvalue weighted by Crippen LogP contribution is -2.19. The molecule has 0 spiro atoms. The van der Waals surface area contributed by atoms with E-state index in [1.54, 1.807) is 11.4 Å². The molecule has 3 nitrogen and oxygen atoms in total. The maximum Gasteiger partial charge on any atom is 0.349 e. The van der Waals surface area contributed by atoms with Gasteiger partial charge >= 0.3 is 5.97 Å². The predicted octanol–water partition coefficient (Wildman–Crippen LogP) is 2.63. The third kappa shape index (κ3) is 1.90. The molecular formula is C10H12O3S. The highest BCUT2D eigenvalue weighted by molar-refractivity contribution is 7.12. The molecule has 1 aromatic rings. The molecule has 0 bridgehead atoms. The molecule has 0 aliphatic heterocycles. The first-order valence-electron chi connectivity index (χ1n) is 4.71. The van der Waals surface area contributed by atoms with Crippen LogP contribution in [-0.4, -0.2) is 17.7 Å². The average Bonchev–Trinajstić information content (AvgIpc) is 2.49.